The Bertz CT molecular complexity index is 512. The maximum Gasteiger partial charge on any atom is 0.0648 e. The van der Waals surface area contributed by atoms with E-state index in [1.54, 1.807) is 0 Å². The van der Waals surface area contributed by atoms with Crippen molar-refractivity contribution >= 4 is 0 Å². The SMILES string of the molecule is Cc1ccc(-n2cc(CN)c(C)n2)cc1C. The second-order valence-electron chi connectivity index (χ2n) is 4.16. The van der Waals surface area contributed by atoms with Gasteiger partial charge in [0.25, 0.3) is 0 Å². The largest absolute Gasteiger partial charge is 0.326 e. The van der Waals surface area contributed by atoms with Crippen molar-refractivity contribution in [1.29, 1.82) is 0 Å². The van der Waals surface area contributed by atoms with E-state index in [-0.39, 0.29) is 0 Å². The first-order chi connectivity index (χ1) is 7.61. The van der Waals surface area contributed by atoms with Crippen LogP contribution in [0.15, 0.2) is 24.4 Å². The van der Waals surface area contributed by atoms with Crippen LogP contribution in [-0.4, -0.2) is 9.78 Å². The van der Waals surface area contributed by atoms with E-state index in [4.69, 9.17) is 5.73 Å². The molecular weight excluding hydrogens is 198 g/mol. The number of hydrogen-bond donors (Lipinski definition) is 1. The first-order valence-corrected chi connectivity index (χ1v) is 5.44. The molecule has 0 amide bonds. The number of hydrogen-bond acceptors (Lipinski definition) is 2. The van der Waals surface area contributed by atoms with Crippen molar-refractivity contribution in [1.82, 2.24) is 9.78 Å². The van der Waals surface area contributed by atoms with Gasteiger partial charge in [-0.15, -0.1) is 0 Å². The topological polar surface area (TPSA) is 43.8 Å². The lowest BCUT2D eigenvalue weighted by Crippen LogP contribution is -1.96. The minimum Gasteiger partial charge on any atom is -0.326 e. The number of aromatic nitrogens is 2. The van der Waals surface area contributed by atoms with Gasteiger partial charge in [-0.25, -0.2) is 4.68 Å². The molecule has 0 bridgehead atoms. The zero-order valence-corrected chi connectivity index (χ0v) is 9.99. The summed E-state index contributed by atoms with van der Waals surface area (Å²) in [6.45, 7) is 6.74. The summed E-state index contributed by atoms with van der Waals surface area (Å²) in [4.78, 5) is 0. The molecule has 2 rings (SSSR count). The van der Waals surface area contributed by atoms with Crippen LogP contribution in [0, 0.1) is 20.8 Å². The third-order valence-corrected chi connectivity index (χ3v) is 2.98. The molecule has 3 heteroatoms. The normalized spacial score (nSPS) is 10.8. The van der Waals surface area contributed by atoms with E-state index < -0.39 is 0 Å². The van der Waals surface area contributed by atoms with Crippen LogP contribution in [0.25, 0.3) is 5.69 Å². The van der Waals surface area contributed by atoms with Crippen molar-refractivity contribution in [3.63, 3.8) is 0 Å². The van der Waals surface area contributed by atoms with E-state index >= 15 is 0 Å². The van der Waals surface area contributed by atoms with E-state index in [9.17, 15) is 0 Å². The van der Waals surface area contributed by atoms with Crippen molar-refractivity contribution in [3.8, 4) is 5.69 Å². The molecule has 1 aromatic heterocycles. The molecule has 2 N–H and O–H groups in total. The quantitative estimate of drug-likeness (QED) is 0.835. The Morgan fingerprint density at radius 2 is 1.94 bits per heavy atom. The molecule has 1 heterocycles. The zero-order valence-electron chi connectivity index (χ0n) is 9.99. The summed E-state index contributed by atoms with van der Waals surface area (Å²) in [6, 6.07) is 6.33. The highest BCUT2D eigenvalue weighted by atomic mass is 15.3. The molecular formula is C13H17N3. The molecule has 3 nitrogen and oxygen atoms in total. The highest BCUT2D eigenvalue weighted by molar-refractivity contribution is 5.39. The predicted octanol–water partition coefficient (Wildman–Crippen LogP) is 2.26. The van der Waals surface area contributed by atoms with E-state index in [1.807, 2.05) is 17.8 Å². The third-order valence-electron chi connectivity index (χ3n) is 2.98. The summed E-state index contributed by atoms with van der Waals surface area (Å²) < 4.78 is 1.89. The summed E-state index contributed by atoms with van der Waals surface area (Å²) in [5.41, 5.74) is 11.4. The first-order valence-electron chi connectivity index (χ1n) is 5.44. The first kappa shape index (κ1) is 10.9. The number of nitrogens with two attached hydrogens (primary N) is 1. The number of benzene rings is 1. The second kappa shape index (κ2) is 4.10. The smallest absolute Gasteiger partial charge is 0.0648 e. The Labute approximate surface area is 95.9 Å². The molecule has 1 aromatic carbocycles. The molecule has 0 atom stereocenters. The van der Waals surface area contributed by atoms with Gasteiger partial charge in [0, 0.05) is 18.3 Å². The van der Waals surface area contributed by atoms with Gasteiger partial charge in [0.05, 0.1) is 11.4 Å². The molecule has 0 aliphatic heterocycles. The average molecular weight is 215 g/mol. The molecule has 0 aliphatic carbocycles. The standard InChI is InChI=1S/C13H17N3/c1-9-4-5-13(6-10(9)2)16-8-12(7-14)11(3)15-16/h4-6,8H,7,14H2,1-3H3. The van der Waals surface area contributed by atoms with Gasteiger partial charge >= 0.3 is 0 Å². The minimum atomic E-state index is 0.538. The van der Waals surface area contributed by atoms with Crippen LogP contribution >= 0.6 is 0 Å². The summed E-state index contributed by atoms with van der Waals surface area (Å²) >= 11 is 0. The van der Waals surface area contributed by atoms with Gasteiger partial charge in [0.1, 0.15) is 0 Å². The van der Waals surface area contributed by atoms with Gasteiger partial charge in [-0.3, -0.25) is 0 Å². The lowest BCUT2D eigenvalue weighted by Gasteiger charge is -2.04. The highest BCUT2D eigenvalue weighted by Crippen LogP contribution is 2.15. The fraction of sp³-hybridized carbons (Fsp3) is 0.308. The molecule has 0 radical (unpaired) electrons. The lowest BCUT2D eigenvalue weighted by molar-refractivity contribution is 0.861. The number of aryl methyl sites for hydroxylation is 3. The van der Waals surface area contributed by atoms with Crippen LogP contribution in [0.3, 0.4) is 0 Å². The Morgan fingerprint density at radius 1 is 1.19 bits per heavy atom. The molecule has 0 fully saturated rings. The maximum absolute atomic E-state index is 5.64. The molecule has 0 unspecified atom stereocenters. The van der Waals surface area contributed by atoms with E-state index in [2.05, 4.69) is 37.1 Å². The molecule has 0 spiro atoms. The Balaban J connectivity index is 2.46. The molecule has 2 aromatic rings. The van der Waals surface area contributed by atoms with Crippen LogP contribution in [0.1, 0.15) is 22.4 Å². The molecule has 16 heavy (non-hydrogen) atoms. The van der Waals surface area contributed by atoms with Crippen LogP contribution < -0.4 is 5.73 Å². The van der Waals surface area contributed by atoms with Gasteiger partial charge in [-0.05, 0) is 44.0 Å². The summed E-state index contributed by atoms with van der Waals surface area (Å²) in [5, 5.41) is 4.46. The molecule has 84 valence electrons. The molecule has 0 aliphatic rings. The van der Waals surface area contributed by atoms with Crippen LogP contribution in [0.2, 0.25) is 0 Å². The van der Waals surface area contributed by atoms with Crippen molar-refractivity contribution in [2.24, 2.45) is 5.73 Å². The van der Waals surface area contributed by atoms with Crippen LogP contribution in [0.4, 0.5) is 0 Å². The Kier molecular flexibility index (Phi) is 2.79. The Morgan fingerprint density at radius 3 is 2.50 bits per heavy atom. The Hall–Kier alpha value is -1.61. The van der Waals surface area contributed by atoms with E-state index in [1.165, 1.54) is 11.1 Å². The van der Waals surface area contributed by atoms with Gasteiger partial charge < -0.3 is 5.73 Å². The monoisotopic (exact) mass is 215 g/mol. The van der Waals surface area contributed by atoms with Gasteiger partial charge in [-0.1, -0.05) is 6.07 Å². The van der Waals surface area contributed by atoms with E-state index in [0.717, 1.165) is 16.9 Å². The van der Waals surface area contributed by atoms with Gasteiger partial charge in [0.15, 0.2) is 0 Å². The summed E-state index contributed by atoms with van der Waals surface area (Å²) in [7, 11) is 0. The van der Waals surface area contributed by atoms with Crippen molar-refractivity contribution in [2.45, 2.75) is 27.3 Å². The summed E-state index contributed by atoms with van der Waals surface area (Å²) in [6.07, 6.45) is 2.00. The van der Waals surface area contributed by atoms with Crippen LogP contribution in [-0.2, 0) is 6.54 Å². The number of nitrogens with zero attached hydrogens (tertiary/aromatic N) is 2. The zero-order chi connectivity index (χ0) is 11.7. The van der Waals surface area contributed by atoms with Gasteiger partial charge in [0.2, 0.25) is 0 Å². The van der Waals surface area contributed by atoms with E-state index in [0.29, 0.717) is 6.54 Å². The fourth-order valence-electron chi connectivity index (χ4n) is 1.70. The minimum absolute atomic E-state index is 0.538. The van der Waals surface area contributed by atoms with Crippen molar-refractivity contribution < 1.29 is 0 Å². The second-order valence-corrected chi connectivity index (χ2v) is 4.16. The summed E-state index contributed by atoms with van der Waals surface area (Å²) in [5.74, 6) is 0. The van der Waals surface area contributed by atoms with Crippen molar-refractivity contribution in [2.75, 3.05) is 0 Å². The number of rotatable bonds is 2. The highest BCUT2D eigenvalue weighted by Gasteiger charge is 2.05. The van der Waals surface area contributed by atoms with Crippen molar-refractivity contribution in [3.05, 3.63) is 46.8 Å². The average Bonchev–Trinajstić information content (AvgIpc) is 2.64. The van der Waals surface area contributed by atoms with Crippen LogP contribution in [0.5, 0.6) is 0 Å². The lowest BCUT2D eigenvalue weighted by atomic mass is 10.1. The third kappa shape index (κ3) is 1.86. The predicted molar refractivity (Wildman–Crippen MR) is 65.7 cm³/mol. The molecule has 0 saturated heterocycles. The maximum atomic E-state index is 5.64. The fourth-order valence-corrected chi connectivity index (χ4v) is 1.70. The molecule has 0 saturated carbocycles. The van der Waals surface area contributed by atoms with Gasteiger partial charge in [-0.2, -0.15) is 5.10 Å².